The molecule has 2 aromatic carbocycles. The summed E-state index contributed by atoms with van der Waals surface area (Å²) in [5.74, 6) is -0.469. The summed E-state index contributed by atoms with van der Waals surface area (Å²) in [6, 6.07) is 11.2. The Labute approximate surface area is 210 Å². The van der Waals surface area contributed by atoms with Crippen LogP contribution < -0.4 is 15.4 Å². The lowest BCUT2D eigenvalue weighted by Crippen LogP contribution is -2.53. The Morgan fingerprint density at radius 3 is 2.72 bits per heavy atom. The molecule has 9 heteroatoms. The number of carbonyl (C=O) groups is 3. The Hall–Kier alpha value is -3.46. The highest BCUT2D eigenvalue weighted by molar-refractivity contribution is 5.99. The molecule has 3 amide bonds. The van der Waals surface area contributed by atoms with Crippen LogP contribution in [0.1, 0.15) is 54.9 Å². The van der Waals surface area contributed by atoms with E-state index in [1.807, 2.05) is 6.92 Å². The Bertz CT molecular complexity index is 1120. The van der Waals surface area contributed by atoms with Gasteiger partial charge in [0.25, 0.3) is 5.91 Å². The standard InChI is InChI=1S/C27H32FN3O5/c1-3-6-25(32)30-18-9-12-23-20(13-18)27(34)31(2)22-11-10-19(36-24(22)16-35-23)14-26(33)29-15-17-7-4-5-8-21(17)28/h4-5,7-9,12-13,19,22,24H,3,6,10-11,14-16H2,1-2H3,(H,29,33)(H,30,32)/t19-,22+,24-/m1/s1. The third-order valence-electron chi connectivity index (χ3n) is 6.62. The summed E-state index contributed by atoms with van der Waals surface area (Å²) in [5.41, 5.74) is 1.37. The molecule has 1 saturated heterocycles. The first-order valence-corrected chi connectivity index (χ1v) is 12.3. The van der Waals surface area contributed by atoms with Crippen molar-refractivity contribution in [2.75, 3.05) is 19.0 Å². The fourth-order valence-corrected chi connectivity index (χ4v) is 4.67. The van der Waals surface area contributed by atoms with Gasteiger partial charge in [-0.2, -0.15) is 0 Å². The highest BCUT2D eigenvalue weighted by Gasteiger charge is 2.39. The van der Waals surface area contributed by atoms with Crippen LogP contribution in [-0.4, -0.2) is 54.5 Å². The number of hydrogen-bond donors (Lipinski definition) is 2. The van der Waals surface area contributed by atoms with Crippen LogP contribution in [0.2, 0.25) is 0 Å². The molecule has 0 aliphatic carbocycles. The molecule has 0 radical (unpaired) electrons. The fraction of sp³-hybridized carbons (Fsp3) is 0.444. The van der Waals surface area contributed by atoms with E-state index in [2.05, 4.69) is 10.6 Å². The maximum Gasteiger partial charge on any atom is 0.257 e. The molecule has 2 N–H and O–H groups in total. The molecule has 2 aliphatic rings. The molecule has 0 unspecified atom stereocenters. The molecule has 2 aromatic rings. The number of halogens is 1. The van der Waals surface area contributed by atoms with E-state index >= 15 is 0 Å². The van der Waals surface area contributed by atoms with Gasteiger partial charge in [-0.15, -0.1) is 0 Å². The van der Waals surface area contributed by atoms with Crippen molar-refractivity contribution in [2.45, 2.75) is 63.8 Å². The van der Waals surface area contributed by atoms with Gasteiger partial charge in [0.05, 0.1) is 24.1 Å². The average molecular weight is 498 g/mol. The number of amides is 3. The molecule has 2 heterocycles. The zero-order valence-electron chi connectivity index (χ0n) is 20.6. The third-order valence-corrected chi connectivity index (χ3v) is 6.62. The van der Waals surface area contributed by atoms with Gasteiger partial charge in [0, 0.05) is 31.3 Å². The summed E-state index contributed by atoms with van der Waals surface area (Å²) >= 11 is 0. The molecule has 2 aliphatic heterocycles. The van der Waals surface area contributed by atoms with Crippen LogP contribution in [0, 0.1) is 5.82 Å². The van der Waals surface area contributed by atoms with E-state index in [0.29, 0.717) is 41.8 Å². The van der Waals surface area contributed by atoms with Gasteiger partial charge in [-0.1, -0.05) is 25.1 Å². The second-order valence-electron chi connectivity index (χ2n) is 9.25. The van der Waals surface area contributed by atoms with Gasteiger partial charge in [-0.3, -0.25) is 14.4 Å². The van der Waals surface area contributed by atoms with Crippen LogP contribution in [-0.2, 0) is 20.9 Å². The molecule has 0 aromatic heterocycles. The van der Waals surface area contributed by atoms with Crippen molar-refractivity contribution >= 4 is 23.4 Å². The fourth-order valence-electron chi connectivity index (χ4n) is 4.67. The SMILES string of the molecule is CCCC(=O)Nc1ccc2c(c1)C(=O)N(C)[C@H]1CC[C@H](CC(=O)NCc3ccccc3F)O[C@@H]1CO2. The largest absolute Gasteiger partial charge is 0.490 e. The van der Waals surface area contributed by atoms with Crippen LogP contribution in [0.4, 0.5) is 10.1 Å². The normalized spacial score (nSPS) is 21.4. The number of benzene rings is 2. The lowest BCUT2D eigenvalue weighted by atomic mass is 9.94. The minimum Gasteiger partial charge on any atom is -0.490 e. The Morgan fingerprint density at radius 2 is 1.94 bits per heavy atom. The van der Waals surface area contributed by atoms with Gasteiger partial charge in [0.2, 0.25) is 11.8 Å². The maximum atomic E-state index is 13.8. The van der Waals surface area contributed by atoms with Crippen molar-refractivity contribution in [2.24, 2.45) is 0 Å². The van der Waals surface area contributed by atoms with Crippen LogP contribution in [0.5, 0.6) is 5.75 Å². The number of carbonyl (C=O) groups excluding carboxylic acids is 3. The summed E-state index contributed by atoms with van der Waals surface area (Å²) < 4.78 is 26.0. The van der Waals surface area contributed by atoms with E-state index in [4.69, 9.17) is 9.47 Å². The molecule has 0 spiro atoms. The van der Waals surface area contributed by atoms with E-state index in [9.17, 15) is 18.8 Å². The van der Waals surface area contributed by atoms with Gasteiger partial charge in [0.1, 0.15) is 24.3 Å². The maximum absolute atomic E-state index is 13.8. The highest BCUT2D eigenvalue weighted by Crippen LogP contribution is 2.32. The summed E-state index contributed by atoms with van der Waals surface area (Å²) in [5, 5.41) is 5.57. The first-order chi connectivity index (χ1) is 17.4. The van der Waals surface area contributed by atoms with Crippen molar-refractivity contribution in [3.05, 3.63) is 59.4 Å². The quantitative estimate of drug-likeness (QED) is 0.609. The van der Waals surface area contributed by atoms with E-state index in [0.717, 1.165) is 6.42 Å². The average Bonchev–Trinajstić information content (AvgIpc) is 2.86. The lowest BCUT2D eigenvalue weighted by Gasteiger charge is -2.42. The van der Waals surface area contributed by atoms with Gasteiger partial charge < -0.3 is 25.0 Å². The third kappa shape index (κ3) is 6.02. The summed E-state index contributed by atoms with van der Waals surface area (Å²) in [4.78, 5) is 39.4. The minimum absolute atomic E-state index is 0.102. The molecule has 8 nitrogen and oxygen atoms in total. The number of likely N-dealkylation sites (N-methyl/N-ethyl adjacent to an activating group) is 1. The van der Waals surface area contributed by atoms with Gasteiger partial charge >= 0.3 is 0 Å². The predicted octanol–water partition coefficient (Wildman–Crippen LogP) is 3.65. The molecule has 0 bridgehead atoms. The number of anilines is 1. The Kier molecular flexibility index (Phi) is 8.20. The molecule has 1 fully saturated rings. The number of hydrogen-bond acceptors (Lipinski definition) is 5. The zero-order chi connectivity index (χ0) is 25.7. The smallest absolute Gasteiger partial charge is 0.257 e. The van der Waals surface area contributed by atoms with E-state index in [1.54, 1.807) is 48.3 Å². The lowest BCUT2D eigenvalue weighted by molar-refractivity contribution is -0.134. The molecule has 0 saturated carbocycles. The van der Waals surface area contributed by atoms with Crippen LogP contribution in [0.15, 0.2) is 42.5 Å². The molecule has 4 rings (SSSR count). The van der Waals surface area contributed by atoms with Crippen LogP contribution in [0.3, 0.4) is 0 Å². The predicted molar refractivity (Wildman–Crippen MR) is 132 cm³/mol. The molecule has 192 valence electrons. The number of fused-ring (bicyclic) bond motifs is 2. The van der Waals surface area contributed by atoms with Crippen molar-refractivity contribution in [1.29, 1.82) is 0 Å². The van der Waals surface area contributed by atoms with Crippen molar-refractivity contribution in [3.63, 3.8) is 0 Å². The van der Waals surface area contributed by atoms with Gasteiger partial charge in [-0.25, -0.2) is 4.39 Å². The van der Waals surface area contributed by atoms with Gasteiger partial charge in [0.15, 0.2) is 0 Å². The number of rotatable bonds is 7. The van der Waals surface area contributed by atoms with Crippen molar-refractivity contribution in [1.82, 2.24) is 10.2 Å². The molecule has 36 heavy (non-hydrogen) atoms. The van der Waals surface area contributed by atoms with E-state index in [1.165, 1.54) is 6.07 Å². The summed E-state index contributed by atoms with van der Waals surface area (Å²) in [7, 11) is 1.74. The minimum atomic E-state index is -0.394. The topological polar surface area (TPSA) is 97.0 Å². The second kappa shape index (κ2) is 11.5. The van der Waals surface area contributed by atoms with Crippen LogP contribution in [0.25, 0.3) is 0 Å². The molecular weight excluding hydrogens is 465 g/mol. The zero-order valence-corrected chi connectivity index (χ0v) is 20.6. The second-order valence-corrected chi connectivity index (χ2v) is 9.25. The number of ether oxygens (including phenoxy) is 2. The Balaban J connectivity index is 1.38. The highest BCUT2D eigenvalue weighted by atomic mass is 19.1. The summed E-state index contributed by atoms with van der Waals surface area (Å²) in [6.45, 7) is 2.27. The summed E-state index contributed by atoms with van der Waals surface area (Å²) in [6.07, 6.45) is 1.83. The number of nitrogens with one attached hydrogen (secondary N) is 2. The Morgan fingerprint density at radius 1 is 1.14 bits per heavy atom. The first-order valence-electron chi connectivity index (χ1n) is 12.3. The first kappa shape index (κ1) is 25.6. The molecule has 3 atom stereocenters. The van der Waals surface area contributed by atoms with Crippen molar-refractivity contribution in [3.8, 4) is 5.75 Å². The molecular formula is C27H32FN3O5. The van der Waals surface area contributed by atoms with Crippen molar-refractivity contribution < 1.29 is 28.2 Å². The van der Waals surface area contributed by atoms with Crippen LogP contribution >= 0.6 is 0 Å². The number of nitrogens with zero attached hydrogens (tertiary/aromatic N) is 1. The van der Waals surface area contributed by atoms with Gasteiger partial charge in [-0.05, 0) is 43.5 Å². The monoisotopic (exact) mass is 497 g/mol. The van der Waals surface area contributed by atoms with E-state index in [-0.39, 0.29) is 55.3 Å². The van der Waals surface area contributed by atoms with E-state index < -0.39 is 6.10 Å².